The second kappa shape index (κ2) is 9.67. The van der Waals surface area contributed by atoms with Crippen LogP contribution < -0.4 is 14.8 Å². The van der Waals surface area contributed by atoms with Crippen LogP contribution in [-0.4, -0.2) is 32.0 Å². The summed E-state index contributed by atoms with van der Waals surface area (Å²) >= 11 is 6.39. The van der Waals surface area contributed by atoms with Crippen molar-refractivity contribution in [2.75, 3.05) is 19.0 Å². The number of thiol groups is 1. The van der Waals surface area contributed by atoms with Crippen LogP contribution in [0.3, 0.4) is 0 Å². The fourth-order valence-electron chi connectivity index (χ4n) is 2.86. The number of benzene rings is 2. The van der Waals surface area contributed by atoms with E-state index in [1.807, 2.05) is 0 Å². The van der Waals surface area contributed by atoms with Gasteiger partial charge in [-0.25, -0.2) is 27.5 Å². The zero-order valence-corrected chi connectivity index (χ0v) is 17.4. The number of nitrogens with one attached hydrogen (secondary N) is 2. The van der Waals surface area contributed by atoms with Gasteiger partial charge in [0.2, 0.25) is 16.8 Å². The molecule has 3 aromatic rings. The molecular weight excluding hydrogens is 433 g/mol. The van der Waals surface area contributed by atoms with Crippen LogP contribution in [0.2, 0.25) is 5.02 Å². The maximum atomic E-state index is 14.5. The third kappa shape index (κ3) is 4.76. The first-order valence-corrected chi connectivity index (χ1v) is 10.4. The summed E-state index contributed by atoms with van der Waals surface area (Å²) in [6, 6.07) is 8.12. The van der Waals surface area contributed by atoms with Crippen LogP contribution >= 0.6 is 11.6 Å². The summed E-state index contributed by atoms with van der Waals surface area (Å²) in [5.41, 5.74) is 1.95. The number of ether oxygens (including phenoxy) is 1. The number of rotatable bonds is 8. The average Bonchev–Trinajstić information content (AvgIpc) is 2.74. The van der Waals surface area contributed by atoms with Crippen molar-refractivity contribution in [2.45, 2.75) is 12.8 Å². The molecule has 1 aromatic heterocycles. The van der Waals surface area contributed by atoms with Crippen molar-refractivity contribution < 1.29 is 17.5 Å². The number of methoxy groups -OCH3 is 1. The van der Waals surface area contributed by atoms with E-state index in [4.69, 9.17) is 16.3 Å². The number of aryl methyl sites for hydroxylation is 1. The van der Waals surface area contributed by atoms with E-state index >= 15 is 0 Å². The Bertz CT molecular complexity index is 1200. The van der Waals surface area contributed by atoms with Gasteiger partial charge >= 0.3 is 0 Å². The maximum Gasteiger partial charge on any atom is 0.232 e. The molecule has 0 fully saturated rings. The summed E-state index contributed by atoms with van der Waals surface area (Å²) in [4.78, 5) is 8.46. The zero-order chi connectivity index (χ0) is 21.7. The summed E-state index contributed by atoms with van der Waals surface area (Å²) in [6.07, 6.45) is 2.37. The minimum Gasteiger partial charge on any atom is -0.480 e. The van der Waals surface area contributed by atoms with Crippen LogP contribution in [0.1, 0.15) is 17.5 Å². The van der Waals surface area contributed by atoms with Crippen molar-refractivity contribution in [3.05, 3.63) is 52.4 Å². The van der Waals surface area contributed by atoms with Gasteiger partial charge in [0.25, 0.3) is 0 Å². The molecule has 8 nitrogen and oxygen atoms in total. The van der Waals surface area contributed by atoms with Gasteiger partial charge in [-0.3, -0.25) is 0 Å². The second-order valence-corrected chi connectivity index (χ2v) is 7.38. The van der Waals surface area contributed by atoms with Crippen LogP contribution in [0, 0.1) is 17.1 Å². The van der Waals surface area contributed by atoms with Crippen LogP contribution in [0.15, 0.2) is 30.5 Å². The molecule has 0 unspecified atom stereocenters. The highest BCUT2D eigenvalue weighted by Crippen LogP contribution is 2.34. The highest BCUT2D eigenvalue weighted by molar-refractivity contribution is 7.70. The van der Waals surface area contributed by atoms with Crippen molar-refractivity contribution in [3.8, 4) is 11.9 Å². The van der Waals surface area contributed by atoms with E-state index < -0.39 is 16.7 Å². The summed E-state index contributed by atoms with van der Waals surface area (Å²) in [5.74, 6) is -0.346. The highest BCUT2D eigenvalue weighted by Gasteiger charge is 2.16. The van der Waals surface area contributed by atoms with E-state index in [0.717, 1.165) is 0 Å². The second-order valence-electron chi connectivity index (χ2n) is 6.17. The Labute approximate surface area is 178 Å². The van der Waals surface area contributed by atoms with Gasteiger partial charge in [0.1, 0.15) is 23.0 Å². The number of halogens is 2. The first-order valence-electron chi connectivity index (χ1n) is 8.80. The summed E-state index contributed by atoms with van der Waals surface area (Å²) < 4.78 is 43.0. The van der Waals surface area contributed by atoms with Crippen molar-refractivity contribution in [2.24, 2.45) is 0 Å². The molecule has 1 heterocycles. The Balaban J connectivity index is 1.94. The molecule has 0 spiro atoms. The summed E-state index contributed by atoms with van der Waals surface area (Å²) in [6.45, 7) is 0.249. The van der Waals surface area contributed by atoms with Gasteiger partial charge in [0, 0.05) is 6.54 Å². The van der Waals surface area contributed by atoms with Crippen LogP contribution in [0.4, 0.5) is 15.8 Å². The standard InChI is InChI=1S/C19H17ClFN5O3S/c1-29-16-10-23-15-7-6-14(12(9-22)18(15)26-16)25-19-13(21)5-4-11(17(19)20)3-2-8-24-30(27)28/h4-7,10,25,30H,2-3,8H2,1H3,(H,24,27,28). The van der Waals surface area contributed by atoms with Crippen LogP contribution in [0.5, 0.6) is 5.88 Å². The zero-order valence-electron chi connectivity index (χ0n) is 15.8. The number of nitriles is 1. The summed E-state index contributed by atoms with van der Waals surface area (Å²) in [5, 5.41) is 12.7. The predicted octanol–water partition coefficient (Wildman–Crippen LogP) is 3.09. The Hall–Kier alpha value is -3.00. The number of fused-ring (bicyclic) bond motifs is 1. The molecule has 0 bridgehead atoms. The van der Waals surface area contributed by atoms with Crippen molar-refractivity contribution >= 4 is 44.9 Å². The summed E-state index contributed by atoms with van der Waals surface area (Å²) in [7, 11) is -1.22. The first-order chi connectivity index (χ1) is 14.4. The third-order valence-electron chi connectivity index (χ3n) is 4.31. The predicted molar refractivity (Wildman–Crippen MR) is 112 cm³/mol. The molecule has 0 aliphatic carbocycles. The van der Waals surface area contributed by atoms with E-state index in [-0.39, 0.29) is 28.7 Å². The minimum atomic E-state index is -2.66. The molecular formula is C19H17ClFN5O3S. The Morgan fingerprint density at radius 2 is 2.10 bits per heavy atom. The largest absolute Gasteiger partial charge is 0.480 e. The highest BCUT2D eigenvalue weighted by atomic mass is 35.5. The molecule has 0 atom stereocenters. The molecule has 2 N–H and O–H groups in total. The van der Waals surface area contributed by atoms with Gasteiger partial charge in [0.05, 0.1) is 35.2 Å². The van der Waals surface area contributed by atoms with Crippen LogP contribution in [0.25, 0.3) is 11.0 Å². The van der Waals surface area contributed by atoms with Gasteiger partial charge in [-0.1, -0.05) is 17.7 Å². The molecule has 0 radical (unpaired) electrons. The number of aromatic nitrogens is 2. The van der Waals surface area contributed by atoms with Crippen LogP contribution in [-0.2, 0) is 17.3 Å². The molecule has 0 aliphatic heterocycles. The van der Waals surface area contributed by atoms with Gasteiger partial charge in [-0.15, -0.1) is 0 Å². The lowest BCUT2D eigenvalue weighted by Gasteiger charge is -2.15. The van der Waals surface area contributed by atoms with Crippen molar-refractivity contribution in [3.63, 3.8) is 0 Å². The molecule has 0 amide bonds. The molecule has 0 saturated heterocycles. The monoisotopic (exact) mass is 449 g/mol. The quantitative estimate of drug-likeness (QED) is 0.357. The molecule has 11 heteroatoms. The Kier molecular flexibility index (Phi) is 6.99. The Morgan fingerprint density at radius 1 is 1.30 bits per heavy atom. The van der Waals surface area contributed by atoms with E-state index in [9.17, 15) is 18.1 Å². The maximum absolute atomic E-state index is 14.5. The van der Waals surface area contributed by atoms with Gasteiger partial charge < -0.3 is 10.1 Å². The number of nitrogens with zero attached hydrogens (tertiary/aromatic N) is 3. The smallest absolute Gasteiger partial charge is 0.232 e. The fraction of sp³-hybridized carbons (Fsp3) is 0.211. The number of hydrogen-bond donors (Lipinski definition) is 3. The van der Waals surface area contributed by atoms with Gasteiger partial charge in [-0.05, 0) is 36.6 Å². The van der Waals surface area contributed by atoms with Gasteiger partial charge in [-0.2, -0.15) is 5.26 Å². The number of hydrogen-bond acceptors (Lipinski definition) is 7. The topological polar surface area (TPSA) is 117 Å². The number of anilines is 2. The molecule has 3 rings (SSSR count). The average molecular weight is 450 g/mol. The minimum absolute atomic E-state index is 0.0173. The van der Waals surface area contributed by atoms with E-state index in [1.165, 1.54) is 19.4 Å². The lowest BCUT2D eigenvalue weighted by atomic mass is 10.1. The van der Waals surface area contributed by atoms with Crippen molar-refractivity contribution in [1.29, 1.82) is 5.26 Å². The lowest BCUT2D eigenvalue weighted by molar-refractivity contribution is 0.397. The van der Waals surface area contributed by atoms with Gasteiger partial charge in [0.15, 0.2) is 0 Å². The molecule has 2 aromatic carbocycles. The van der Waals surface area contributed by atoms with E-state index in [0.29, 0.717) is 35.1 Å². The lowest BCUT2D eigenvalue weighted by Crippen LogP contribution is -2.13. The van der Waals surface area contributed by atoms with E-state index in [1.54, 1.807) is 18.2 Å². The Morgan fingerprint density at radius 3 is 2.80 bits per heavy atom. The molecule has 156 valence electrons. The van der Waals surface area contributed by atoms with Crippen molar-refractivity contribution in [1.82, 2.24) is 14.7 Å². The van der Waals surface area contributed by atoms with E-state index in [2.05, 4.69) is 26.1 Å². The molecule has 0 aliphatic rings. The normalized spacial score (nSPS) is 10.9. The third-order valence-corrected chi connectivity index (χ3v) is 5.22. The fourth-order valence-corrected chi connectivity index (χ4v) is 3.50. The molecule has 30 heavy (non-hydrogen) atoms. The SMILES string of the molecule is COc1cnc2ccc(Nc3c(F)ccc(CCCN[SH](=O)=O)c3Cl)c(C#N)c2n1. The molecule has 0 saturated carbocycles. The first kappa shape index (κ1) is 21.7.